The van der Waals surface area contributed by atoms with Gasteiger partial charge in [0.05, 0.1) is 30.5 Å². The van der Waals surface area contributed by atoms with E-state index in [1.807, 2.05) is 62.4 Å². The van der Waals surface area contributed by atoms with E-state index in [1.54, 1.807) is 42.5 Å². The van der Waals surface area contributed by atoms with Crippen LogP contribution < -0.4 is 27.8 Å². The number of ether oxygens (including phenoxy) is 1. The first-order valence-corrected chi connectivity index (χ1v) is 28.7. The van der Waals surface area contributed by atoms with Gasteiger partial charge in [-0.2, -0.15) is 0 Å². The molecule has 6 aliphatic rings. The number of aromatic hydroxyl groups is 1. The second-order valence-electron chi connectivity index (χ2n) is 23.8. The number of carbonyl (C=O) groups is 2. The molecule has 0 aromatic heterocycles. The SMILES string of the molecule is C=C1/C=C/C=C(\[C@H]2[C@@H]3CCC[C@@]4(O)CC/C5=C(/C)C(=O)Cc6cccc7c6[C@@H](NC[C@@H](O)[C@H]([C@H](CN=C(N)N)c6ccc(O)cc6)Cc6cccc(c6)C[C@@H](O)CC[C@H]5[C@]4(C3)[C@@H]2O)C(=O)N[C@H]7N)COCC#CC/C(C)=C/CC1(O)O. The molecule has 3 heterocycles. The monoisotopic (exact) mass is 1110 g/mol. The molecule has 3 aliphatic carbocycles. The van der Waals surface area contributed by atoms with Crippen molar-refractivity contribution in [1.29, 1.82) is 0 Å². The Bertz CT molecular complexity index is 3060. The highest BCUT2D eigenvalue weighted by Gasteiger charge is 2.69. The maximum atomic E-state index is 15.3. The number of phenolic OH excluding ortho intramolecular Hbond substituents is 1. The average Bonchev–Trinajstić information content (AvgIpc) is 3.36. The highest BCUT2D eigenvalue weighted by molar-refractivity contribution is 5.98. The minimum Gasteiger partial charge on any atom is -0.508 e. The predicted octanol–water partition coefficient (Wildman–Crippen LogP) is 5.30. The van der Waals surface area contributed by atoms with Crippen LogP contribution in [0.5, 0.6) is 5.75 Å². The number of nitrogens with two attached hydrogens (primary N) is 3. The van der Waals surface area contributed by atoms with Gasteiger partial charge in [0.1, 0.15) is 24.6 Å². The van der Waals surface area contributed by atoms with Crippen molar-refractivity contribution in [3.8, 4) is 17.6 Å². The van der Waals surface area contributed by atoms with E-state index in [1.165, 1.54) is 0 Å². The molecule has 12 atom stereocenters. The summed E-state index contributed by atoms with van der Waals surface area (Å²) in [4.78, 5) is 33.9. The number of fused-ring (bicyclic) bond motifs is 4. The normalized spacial score (nSPS) is 34.4. The summed E-state index contributed by atoms with van der Waals surface area (Å²) >= 11 is 0. The molecule has 16 heteroatoms. The number of aliphatic imine (C=N–C) groups is 1. The van der Waals surface area contributed by atoms with E-state index in [2.05, 4.69) is 34.0 Å². The van der Waals surface area contributed by atoms with Gasteiger partial charge in [0, 0.05) is 55.2 Å². The van der Waals surface area contributed by atoms with Gasteiger partial charge < -0.3 is 63.0 Å². The zero-order valence-electron chi connectivity index (χ0n) is 46.7. The largest absolute Gasteiger partial charge is 0.508 e. The van der Waals surface area contributed by atoms with Crippen LogP contribution in [-0.2, 0) is 33.6 Å². The number of allylic oxidation sites excluding steroid dienone is 5. The zero-order chi connectivity index (χ0) is 57.8. The maximum Gasteiger partial charge on any atom is 0.243 e. The Balaban J connectivity index is 1.14. The van der Waals surface area contributed by atoms with Gasteiger partial charge in [-0.1, -0.05) is 115 Å². The number of nitrogens with zero attached hydrogens (tertiary/aromatic N) is 1. The molecule has 3 fully saturated rings. The Kier molecular flexibility index (Phi) is 18.4. The standard InChI is InChI=1S/C65H82N6O10/c1-38-10-4-5-29-81-37-46(15-6-11-39(2)65(79,80)28-24-38)56-45-16-9-26-63(78)27-25-49-40(3)54(74)33-44-14-8-17-50-57(44)58(61(77)71-60(50)66)69-36-55(75)51(52(35-70-62(67)68)43-18-20-47(72)21-19-43)32-42-13-7-12-41(30-42)31-48(73)22-23-53(49)64(63,34-45)59(56)76/h6-8,11-15,17-21,24,30,45,48,51-53,55-56,58-60,69,72-73,75-76,78-80H,2,9-10,16,22-23,25-29,31-37,66H2,1,3H3,(H,71,77)(H4,67,68,70)/b11-6+,38-24+,46-15-,49-40+/t45-,48+,51+,52-,53-,55-,56-,58-,59-,60-,63-,64-/m1/s1. The van der Waals surface area contributed by atoms with Crippen molar-refractivity contribution in [2.24, 2.45) is 51.3 Å². The van der Waals surface area contributed by atoms with Crippen LogP contribution >= 0.6 is 0 Å². The first kappa shape index (κ1) is 59.4. The summed E-state index contributed by atoms with van der Waals surface area (Å²) in [5, 5.41) is 90.1. The molecule has 15 N–H and O–H groups in total. The number of Topliss-reactive ketones (excluding diaryl/α,β-unsaturated/α-hetero) is 1. The number of benzene rings is 3. The van der Waals surface area contributed by atoms with Crippen LogP contribution in [0.1, 0.15) is 130 Å². The third-order valence-corrected chi connectivity index (χ3v) is 18.8. The van der Waals surface area contributed by atoms with E-state index in [0.29, 0.717) is 73.6 Å². The third kappa shape index (κ3) is 12.7. The number of hydrogen-bond donors (Lipinski definition) is 12. The maximum absolute atomic E-state index is 15.3. The predicted molar refractivity (Wildman–Crippen MR) is 310 cm³/mol. The molecule has 3 aromatic rings. The zero-order valence-corrected chi connectivity index (χ0v) is 46.7. The number of amides is 1. The van der Waals surface area contributed by atoms with Crippen LogP contribution in [0.3, 0.4) is 0 Å². The molecule has 4 bridgehead atoms. The third-order valence-electron chi connectivity index (χ3n) is 18.8. The molecule has 9 rings (SSSR count). The van der Waals surface area contributed by atoms with E-state index in [0.717, 1.165) is 39.8 Å². The number of nitrogens with one attached hydrogen (secondary N) is 2. The molecule has 1 amide bonds. The van der Waals surface area contributed by atoms with Crippen molar-refractivity contribution in [2.75, 3.05) is 26.3 Å². The molecule has 16 nitrogen and oxygen atoms in total. The quantitative estimate of drug-likeness (QED) is 0.0508. The number of guanidine groups is 1. The summed E-state index contributed by atoms with van der Waals surface area (Å²) in [7, 11) is 0. The van der Waals surface area contributed by atoms with Crippen molar-refractivity contribution in [3.05, 3.63) is 159 Å². The Morgan fingerprint density at radius 1 is 0.951 bits per heavy atom. The lowest BCUT2D eigenvalue weighted by atomic mass is 9.51. The molecule has 81 heavy (non-hydrogen) atoms. The van der Waals surface area contributed by atoms with Gasteiger partial charge in [-0.25, -0.2) is 0 Å². The van der Waals surface area contributed by atoms with Gasteiger partial charge in [-0.3, -0.25) is 19.9 Å². The van der Waals surface area contributed by atoms with Crippen LogP contribution in [0.15, 0.2) is 130 Å². The summed E-state index contributed by atoms with van der Waals surface area (Å²) in [5.74, 6) is 1.11. The van der Waals surface area contributed by atoms with E-state index >= 15 is 4.79 Å². The molecule has 0 unspecified atom stereocenters. The fourth-order valence-corrected chi connectivity index (χ4v) is 14.6. The van der Waals surface area contributed by atoms with E-state index < -0.39 is 76.9 Å². The Labute approximate surface area is 475 Å². The molecule has 1 spiro atoms. The van der Waals surface area contributed by atoms with Crippen LogP contribution in [-0.4, -0.2) is 109 Å². The molecular weight excluding hydrogens is 1020 g/mol. The van der Waals surface area contributed by atoms with E-state index in [9.17, 15) is 40.5 Å². The highest BCUT2D eigenvalue weighted by Crippen LogP contribution is 2.68. The topological polar surface area (TPSA) is 299 Å². The van der Waals surface area contributed by atoms with Gasteiger partial charge in [-0.15, -0.1) is 0 Å². The number of aliphatic hydroxyl groups is 6. The van der Waals surface area contributed by atoms with Crippen LogP contribution in [0.4, 0.5) is 0 Å². The number of rotatable bonds is 5. The average molecular weight is 1110 g/mol. The summed E-state index contributed by atoms with van der Waals surface area (Å²) in [6.45, 7) is 7.96. The minimum absolute atomic E-state index is 0.0658. The Hall–Kier alpha value is -6.23. The number of carbonyl (C=O) groups excluding carboxylic acids is 2. The molecule has 0 saturated heterocycles. The molecular formula is C65H82N6O10. The second kappa shape index (κ2) is 25.1. The van der Waals surface area contributed by atoms with Crippen LogP contribution in [0.2, 0.25) is 0 Å². The summed E-state index contributed by atoms with van der Waals surface area (Å²) in [5.41, 5.74) is 23.3. The van der Waals surface area contributed by atoms with Crippen LogP contribution in [0, 0.1) is 40.9 Å². The van der Waals surface area contributed by atoms with E-state index in [-0.39, 0.29) is 81.0 Å². The lowest BCUT2D eigenvalue weighted by molar-refractivity contribution is -0.181. The summed E-state index contributed by atoms with van der Waals surface area (Å²) in [6, 6.07) is 19.0. The van der Waals surface area contributed by atoms with Gasteiger partial charge >= 0.3 is 0 Å². The van der Waals surface area contributed by atoms with Crippen molar-refractivity contribution >= 4 is 17.6 Å². The number of ketones is 1. The Morgan fingerprint density at radius 2 is 1.70 bits per heavy atom. The van der Waals surface area contributed by atoms with Crippen molar-refractivity contribution in [2.45, 2.75) is 145 Å². The van der Waals surface area contributed by atoms with Crippen molar-refractivity contribution in [1.82, 2.24) is 10.6 Å². The molecule has 0 radical (unpaired) electrons. The van der Waals surface area contributed by atoms with Crippen molar-refractivity contribution < 1.29 is 50.1 Å². The first-order chi connectivity index (χ1) is 38.7. The number of phenols is 1. The van der Waals surface area contributed by atoms with Gasteiger partial charge in [0.2, 0.25) is 5.91 Å². The second-order valence-corrected chi connectivity index (χ2v) is 23.8. The molecule has 3 aliphatic heterocycles. The van der Waals surface area contributed by atoms with Gasteiger partial charge in [-0.05, 0) is 146 Å². The smallest absolute Gasteiger partial charge is 0.243 e. The van der Waals surface area contributed by atoms with Gasteiger partial charge in [0.25, 0.3) is 0 Å². The lowest BCUT2D eigenvalue weighted by Gasteiger charge is -2.57. The Morgan fingerprint density at radius 3 is 2.47 bits per heavy atom. The van der Waals surface area contributed by atoms with Gasteiger partial charge in [0.15, 0.2) is 17.5 Å². The molecule has 3 aromatic carbocycles. The number of β-amino-alcohol motifs (C(OH)–C–C–N with tert-alkyl or cyclic N) is 1. The first-order valence-electron chi connectivity index (χ1n) is 28.7. The van der Waals surface area contributed by atoms with E-state index in [4.69, 9.17) is 21.9 Å². The highest BCUT2D eigenvalue weighted by atomic mass is 16.5. The van der Waals surface area contributed by atoms with Crippen LogP contribution in [0.25, 0.3) is 0 Å². The summed E-state index contributed by atoms with van der Waals surface area (Å²) < 4.78 is 6.25. The minimum atomic E-state index is -2.21. The summed E-state index contributed by atoms with van der Waals surface area (Å²) in [6.07, 6.45) is 7.41. The molecule has 3 saturated carbocycles. The van der Waals surface area contributed by atoms with Crippen molar-refractivity contribution in [3.63, 3.8) is 0 Å². The fraction of sp³-hybridized carbons (Fsp3) is 0.492. The number of aliphatic hydroxyl groups excluding tert-OH is 3. The lowest BCUT2D eigenvalue weighted by Crippen LogP contribution is -2.61. The number of hydrogen-bond acceptors (Lipinski definition) is 13. The fourth-order valence-electron chi connectivity index (χ4n) is 14.6. The molecule has 432 valence electrons.